The van der Waals surface area contributed by atoms with Gasteiger partial charge in [-0.1, -0.05) is 12.8 Å². The molecule has 1 atom stereocenters. The predicted molar refractivity (Wildman–Crippen MR) is 59.4 cm³/mol. The lowest BCUT2D eigenvalue weighted by Gasteiger charge is -2.15. The highest BCUT2D eigenvalue weighted by molar-refractivity contribution is 5.79. The van der Waals surface area contributed by atoms with Crippen LogP contribution in [0.5, 0.6) is 0 Å². The first-order chi connectivity index (χ1) is 7.38. The summed E-state index contributed by atoms with van der Waals surface area (Å²) in [6.07, 6.45) is 5.99. The third-order valence-electron chi connectivity index (χ3n) is 3.04. The molecule has 0 aromatic carbocycles. The Kier molecular flexibility index (Phi) is 3.80. The van der Waals surface area contributed by atoms with E-state index in [1.807, 2.05) is 0 Å². The van der Waals surface area contributed by atoms with Crippen LogP contribution in [0.15, 0.2) is 4.99 Å². The van der Waals surface area contributed by atoms with Crippen molar-refractivity contribution in [3.63, 3.8) is 0 Å². The number of aliphatic imine (C=N–C) groups is 1. The molecular weight excluding hydrogens is 192 g/mol. The number of nitrogens with zero attached hydrogens (tertiary/aromatic N) is 1. The van der Waals surface area contributed by atoms with Crippen LogP contribution in [0.2, 0.25) is 0 Å². The number of rotatable bonds is 2. The molecule has 1 unspecified atom stereocenters. The van der Waals surface area contributed by atoms with E-state index in [4.69, 9.17) is 10.6 Å². The van der Waals surface area contributed by atoms with E-state index in [9.17, 15) is 0 Å². The van der Waals surface area contributed by atoms with Gasteiger partial charge in [0.15, 0.2) is 0 Å². The molecule has 0 radical (unpaired) electrons. The molecule has 2 fully saturated rings. The van der Waals surface area contributed by atoms with E-state index in [1.165, 1.54) is 25.7 Å². The zero-order valence-corrected chi connectivity index (χ0v) is 9.04. The minimum atomic E-state index is 0.362. The monoisotopic (exact) mass is 212 g/mol. The van der Waals surface area contributed by atoms with Crippen LogP contribution in [0.1, 0.15) is 32.1 Å². The predicted octanol–water partition coefficient (Wildman–Crippen LogP) is 0.127. The standard InChI is InChI=1S/C10H20N4O/c11-14-10(12-8-3-1-2-4-8)13-9-5-6-15-7-9/h8-9H,1-7,11H2,(H2,12,13,14). The molecule has 1 aliphatic carbocycles. The van der Waals surface area contributed by atoms with Crippen LogP contribution in [0.4, 0.5) is 0 Å². The average Bonchev–Trinajstić information content (AvgIpc) is 2.89. The molecule has 1 saturated heterocycles. The Labute approximate surface area is 90.4 Å². The second kappa shape index (κ2) is 5.32. The second-order valence-corrected chi connectivity index (χ2v) is 4.27. The summed E-state index contributed by atoms with van der Waals surface area (Å²) >= 11 is 0. The lowest BCUT2D eigenvalue weighted by Crippen LogP contribution is -2.47. The van der Waals surface area contributed by atoms with Gasteiger partial charge in [-0.15, -0.1) is 0 Å². The van der Waals surface area contributed by atoms with Crippen LogP contribution in [0.3, 0.4) is 0 Å². The van der Waals surface area contributed by atoms with Crippen molar-refractivity contribution < 1.29 is 4.74 Å². The lowest BCUT2D eigenvalue weighted by atomic mass is 10.2. The Morgan fingerprint density at radius 2 is 2.07 bits per heavy atom. The van der Waals surface area contributed by atoms with Gasteiger partial charge in [-0.2, -0.15) is 0 Å². The molecule has 0 spiro atoms. The largest absolute Gasteiger partial charge is 0.379 e. The van der Waals surface area contributed by atoms with Crippen molar-refractivity contribution >= 4 is 5.96 Å². The minimum Gasteiger partial charge on any atom is -0.379 e. The van der Waals surface area contributed by atoms with Crippen LogP contribution in [-0.2, 0) is 4.74 Å². The summed E-state index contributed by atoms with van der Waals surface area (Å²) in [5.41, 5.74) is 2.64. The molecule has 0 aromatic rings. The Balaban J connectivity index is 1.84. The zero-order chi connectivity index (χ0) is 10.5. The number of guanidine groups is 1. The van der Waals surface area contributed by atoms with E-state index < -0.39 is 0 Å². The van der Waals surface area contributed by atoms with Crippen molar-refractivity contribution in [3.05, 3.63) is 0 Å². The van der Waals surface area contributed by atoms with E-state index >= 15 is 0 Å². The van der Waals surface area contributed by atoms with Gasteiger partial charge in [0.1, 0.15) is 0 Å². The van der Waals surface area contributed by atoms with Gasteiger partial charge in [0.05, 0.1) is 18.7 Å². The fraction of sp³-hybridized carbons (Fsp3) is 0.900. The Hall–Kier alpha value is -0.810. The number of nitrogens with two attached hydrogens (primary N) is 1. The van der Waals surface area contributed by atoms with Gasteiger partial charge >= 0.3 is 0 Å². The van der Waals surface area contributed by atoms with Crippen molar-refractivity contribution in [2.75, 3.05) is 13.2 Å². The maximum atomic E-state index is 5.44. The number of hydrogen-bond donors (Lipinski definition) is 3. The van der Waals surface area contributed by atoms with Crippen molar-refractivity contribution in [3.8, 4) is 0 Å². The molecule has 0 amide bonds. The van der Waals surface area contributed by atoms with Crippen molar-refractivity contribution in [2.24, 2.45) is 10.8 Å². The maximum absolute atomic E-state index is 5.44. The normalized spacial score (nSPS) is 28.3. The van der Waals surface area contributed by atoms with Crippen LogP contribution in [-0.4, -0.2) is 31.3 Å². The fourth-order valence-electron chi connectivity index (χ4n) is 2.17. The first-order valence-electron chi connectivity index (χ1n) is 5.77. The van der Waals surface area contributed by atoms with Gasteiger partial charge in [-0.3, -0.25) is 5.43 Å². The fourth-order valence-corrected chi connectivity index (χ4v) is 2.17. The van der Waals surface area contributed by atoms with Crippen LogP contribution in [0, 0.1) is 0 Å². The second-order valence-electron chi connectivity index (χ2n) is 4.27. The summed E-state index contributed by atoms with van der Waals surface area (Å²) in [6, 6.07) is 0.812. The van der Waals surface area contributed by atoms with Gasteiger partial charge in [0.2, 0.25) is 5.96 Å². The molecule has 1 heterocycles. The smallest absolute Gasteiger partial charge is 0.206 e. The summed E-state index contributed by atoms with van der Waals surface area (Å²) < 4.78 is 5.29. The third kappa shape index (κ3) is 3.07. The summed E-state index contributed by atoms with van der Waals surface area (Å²) in [5.74, 6) is 6.16. The number of nitrogens with one attached hydrogen (secondary N) is 2. The summed E-state index contributed by atoms with van der Waals surface area (Å²) in [7, 11) is 0. The molecule has 86 valence electrons. The average molecular weight is 212 g/mol. The quantitative estimate of drug-likeness (QED) is 0.263. The molecule has 5 nitrogen and oxygen atoms in total. The summed E-state index contributed by atoms with van der Waals surface area (Å²) in [6.45, 7) is 1.59. The molecule has 15 heavy (non-hydrogen) atoms. The lowest BCUT2D eigenvalue weighted by molar-refractivity contribution is 0.192. The van der Waals surface area contributed by atoms with Gasteiger partial charge in [0, 0.05) is 6.61 Å². The van der Waals surface area contributed by atoms with Crippen LogP contribution < -0.4 is 16.6 Å². The highest BCUT2D eigenvalue weighted by Crippen LogP contribution is 2.20. The highest BCUT2D eigenvalue weighted by Gasteiger charge is 2.18. The number of hydrogen-bond acceptors (Lipinski definition) is 3. The van der Waals surface area contributed by atoms with Gasteiger partial charge in [0.25, 0.3) is 0 Å². The molecule has 4 N–H and O–H groups in total. The molecule has 1 saturated carbocycles. The van der Waals surface area contributed by atoms with Crippen molar-refractivity contribution in [1.82, 2.24) is 10.7 Å². The molecule has 2 aliphatic rings. The first-order valence-corrected chi connectivity index (χ1v) is 5.77. The van der Waals surface area contributed by atoms with Gasteiger partial charge in [-0.25, -0.2) is 10.8 Å². The van der Waals surface area contributed by atoms with Crippen molar-refractivity contribution in [1.29, 1.82) is 0 Å². The molecule has 1 aliphatic heterocycles. The molecule has 2 rings (SSSR count). The van der Waals surface area contributed by atoms with E-state index in [-0.39, 0.29) is 0 Å². The van der Waals surface area contributed by atoms with E-state index in [0.717, 1.165) is 25.6 Å². The third-order valence-corrected chi connectivity index (χ3v) is 3.04. The van der Waals surface area contributed by atoms with E-state index in [2.05, 4.69) is 15.7 Å². The Bertz CT molecular complexity index is 219. The SMILES string of the molecule is NNC(=NC1CCCC1)NC1CCOC1. The summed E-state index contributed by atoms with van der Waals surface area (Å²) in [4.78, 5) is 4.57. The molecule has 0 bridgehead atoms. The maximum Gasteiger partial charge on any atom is 0.206 e. The van der Waals surface area contributed by atoms with Crippen LogP contribution >= 0.6 is 0 Å². The first kappa shape index (κ1) is 10.7. The zero-order valence-electron chi connectivity index (χ0n) is 9.04. The number of ether oxygens (including phenoxy) is 1. The van der Waals surface area contributed by atoms with Crippen LogP contribution in [0.25, 0.3) is 0 Å². The van der Waals surface area contributed by atoms with E-state index in [0.29, 0.717) is 12.1 Å². The minimum absolute atomic E-state index is 0.362. The Morgan fingerprint density at radius 3 is 2.67 bits per heavy atom. The summed E-state index contributed by atoms with van der Waals surface area (Å²) in [5, 5.41) is 3.28. The van der Waals surface area contributed by atoms with Gasteiger partial charge in [-0.05, 0) is 19.3 Å². The van der Waals surface area contributed by atoms with Gasteiger partial charge < -0.3 is 10.1 Å². The van der Waals surface area contributed by atoms with Crippen molar-refractivity contribution in [2.45, 2.75) is 44.2 Å². The Morgan fingerprint density at radius 1 is 1.27 bits per heavy atom. The molecule has 0 aromatic heterocycles. The highest BCUT2D eigenvalue weighted by atomic mass is 16.5. The molecule has 5 heteroatoms. The molecular formula is C10H20N4O. The topological polar surface area (TPSA) is 71.7 Å². The number of hydrazine groups is 1. The van der Waals surface area contributed by atoms with E-state index in [1.54, 1.807) is 0 Å².